The van der Waals surface area contributed by atoms with Gasteiger partial charge in [-0.25, -0.2) is 9.97 Å². The van der Waals surface area contributed by atoms with Gasteiger partial charge in [-0.3, -0.25) is 0 Å². The van der Waals surface area contributed by atoms with Crippen LogP contribution in [0.15, 0.2) is 41.9 Å². The van der Waals surface area contributed by atoms with E-state index in [1.54, 1.807) is 11.3 Å². The Morgan fingerprint density at radius 1 is 0.955 bits per heavy atom. The van der Waals surface area contributed by atoms with E-state index in [0.29, 0.717) is 0 Å². The molecule has 0 aliphatic heterocycles. The lowest BCUT2D eigenvalue weighted by Crippen LogP contribution is -2.10. The number of benzene rings is 1. The number of aryl methyl sites for hydroxylation is 2. The van der Waals surface area contributed by atoms with E-state index in [0.717, 1.165) is 22.1 Å². The number of anilines is 1. The fraction of sp³-hybridized carbons (Fsp3) is 0.222. The predicted molar refractivity (Wildman–Crippen MR) is 94.6 cm³/mol. The topological polar surface area (TPSA) is 29.0 Å². The first-order chi connectivity index (χ1) is 10.5. The lowest BCUT2D eigenvalue weighted by Gasteiger charge is -2.11. The number of hydrogen-bond acceptors (Lipinski definition) is 4. The molecule has 112 valence electrons. The van der Waals surface area contributed by atoms with Gasteiger partial charge in [-0.1, -0.05) is 12.1 Å². The SMILES string of the molecule is Cc1ccc(-c2csc(-c3ccnc(N(C)C)c3)n2)cc1C. The van der Waals surface area contributed by atoms with Crippen LogP contribution < -0.4 is 4.90 Å². The second-order valence-electron chi connectivity index (χ2n) is 5.63. The molecule has 3 rings (SSSR count). The van der Waals surface area contributed by atoms with Crippen molar-refractivity contribution >= 4 is 17.2 Å². The lowest BCUT2D eigenvalue weighted by molar-refractivity contribution is 1.07. The van der Waals surface area contributed by atoms with Gasteiger partial charge in [0.15, 0.2) is 0 Å². The minimum absolute atomic E-state index is 0.945. The fourth-order valence-electron chi connectivity index (χ4n) is 2.24. The van der Waals surface area contributed by atoms with Gasteiger partial charge in [0.2, 0.25) is 0 Å². The summed E-state index contributed by atoms with van der Waals surface area (Å²) in [4.78, 5) is 11.1. The van der Waals surface area contributed by atoms with Gasteiger partial charge in [0.05, 0.1) is 5.69 Å². The van der Waals surface area contributed by atoms with E-state index in [-0.39, 0.29) is 0 Å². The van der Waals surface area contributed by atoms with Crippen LogP contribution in [0.25, 0.3) is 21.8 Å². The van der Waals surface area contributed by atoms with Crippen molar-refractivity contribution in [3.63, 3.8) is 0 Å². The Morgan fingerprint density at radius 2 is 1.77 bits per heavy atom. The van der Waals surface area contributed by atoms with Crippen molar-refractivity contribution in [1.29, 1.82) is 0 Å². The fourth-order valence-corrected chi connectivity index (χ4v) is 3.06. The highest BCUT2D eigenvalue weighted by atomic mass is 32.1. The van der Waals surface area contributed by atoms with Crippen molar-refractivity contribution in [2.24, 2.45) is 0 Å². The number of nitrogens with zero attached hydrogens (tertiary/aromatic N) is 3. The lowest BCUT2D eigenvalue weighted by atomic mass is 10.1. The summed E-state index contributed by atoms with van der Waals surface area (Å²) in [6.07, 6.45) is 1.84. The highest BCUT2D eigenvalue weighted by Gasteiger charge is 2.09. The smallest absolute Gasteiger partial charge is 0.128 e. The Kier molecular flexibility index (Phi) is 3.94. The Labute approximate surface area is 135 Å². The summed E-state index contributed by atoms with van der Waals surface area (Å²) in [6, 6.07) is 10.6. The van der Waals surface area contributed by atoms with Gasteiger partial charge < -0.3 is 4.90 Å². The normalized spacial score (nSPS) is 10.7. The summed E-state index contributed by atoms with van der Waals surface area (Å²) >= 11 is 1.67. The molecule has 4 heteroatoms. The Morgan fingerprint density at radius 3 is 2.50 bits per heavy atom. The molecule has 3 aromatic rings. The van der Waals surface area contributed by atoms with Crippen molar-refractivity contribution < 1.29 is 0 Å². The van der Waals surface area contributed by atoms with E-state index in [1.165, 1.54) is 16.7 Å². The minimum Gasteiger partial charge on any atom is -0.363 e. The Hall–Kier alpha value is -2.20. The van der Waals surface area contributed by atoms with Gasteiger partial charge in [-0.2, -0.15) is 0 Å². The van der Waals surface area contributed by atoms with E-state index < -0.39 is 0 Å². The number of rotatable bonds is 3. The monoisotopic (exact) mass is 309 g/mol. The van der Waals surface area contributed by atoms with E-state index in [2.05, 4.69) is 48.5 Å². The molecule has 22 heavy (non-hydrogen) atoms. The zero-order valence-corrected chi connectivity index (χ0v) is 14.1. The average molecular weight is 309 g/mol. The van der Waals surface area contributed by atoms with Crippen LogP contribution in [0, 0.1) is 13.8 Å². The second kappa shape index (κ2) is 5.89. The molecule has 0 spiro atoms. The first-order valence-electron chi connectivity index (χ1n) is 7.21. The number of pyridine rings is 1. The van der Waals surface area contributed by atoms with Gasteiger partial charge in [0.1, 0.15) is 10.8 Å². The maximum absolute atomic E-state index is 4.79. The standard InChI is InChI=1S/C18H19N3S/c1-12-5-6-14(9-13(12)2)16-11-22-18(20-16)15-7-8-19-17(10-15)21(3)4/h5-11H,1-4H3. The van der Waals surface area contributed by atoms with Gasteiger partial charge in [-0.15, -0.1) is 11.3 Å². The third kappa shape index (κ3) is 2.88. The van der Waals surface area contributed by atoms with Crippen LogP contribution in [0.5, 0.6) is 0 Å². The van der Waals surface area contributed by atoms with Crippen molar-refractivity contribution in [3.05, 3.63) is 53.0 Å². The Bertz CT molecular complexity index is 806. The zero-order valence-electron chi connectivity index (χ0n) is 13.3. The average Bonchev–Trinajstić information content (AvgIpc) is 3.00. The number of thiazole rings is 1. The zero-order chi connectivity index (χ0) is 15.7. The predicted octanol–water partition coefficient (Wildman–Crippen LogP) is 4.55. The molecule has 0 amide bonds. The highest BCUT2D eigenvalue weighted by molar-refractivity contribution is 7.13. The van der Waals surface area contributed by atoms with Gasteiger partial charge in [0, 0.05) is 36.8 Å². The molecule has 0 atom stereocenters. The summed E-state index contributed by atoms with van der Waals surface area (Å²) in [6.45, 7) is 4.27. The number of aromatic nitrogens is 2. The molecule has 0 unspecified atom stereocenters. The summed E-state index contributed by atoms with van der Waals surface area (Å²) in [7, 11) is 3.99. The van der Waals surface area contributed by atoms with E-state index in [1.807, 2.05) is 31.3 Å². The quantitative estimate of drug-likeness (QED) is 0.710. The first kappa shape index (κ1) is 14.7. The molecule has 0 saturated carbocycles. The molecule has 3 nitrogen and oxygen atoms in total. The summed E-state index contributed by atoms with van der Waals surface area (Å²) in [5.41, 5.74) is 5.92. The molecule has 1 aromatic carbocycles. The van der Waals surface area contributed by atoms with Crippen LogP contribution in [0.4, 0.5) is 5.82 Å². The molecule has 0 fully saturated rings. The van der Waals surface area contributed by atoms with Crippen LogP contribution in [0.2, 0.25) is 0 Å². The molecule has 0 saturated heterocycles. The largest absolute Gasteiger partial charge is 0.363 e. The third-order valence-corrected chi connectivity index (χ3v) is 4.65. The van der Waals surface area contributed by atoms with Crippen LogP contribution in [0.3, 0.4) is 0 Å². The summed E-state index contributed by atoms with van der Waals surface area (Å²) < 4.78 is 0. The molecule has 2 aromatic heterocycles. The molecule has 2 heterocycles. The molecular weight excluding hydrogens is 290 g/mol. The summed E-state index contributed by atoms with van der Waals surface area (Å²) in [5.74, 6) is 0.945. The first-order valence-corrected chi connectivity index (χ1v) is 8.09. The van der Waals surface area contributed by atoms with Gasteiger partial charge in [-0.05, 0) is 43.2 Å². The third-order valence-electron chi connectivity index (χ3n) is 3.76. The van der Waals surface area contributed by atoms with Gasteiger partial charge in [0.25, 0.3) is 0 Å². The maximum Gasteiger partial charge on any atom is 0.128 e. The molecule has 0 aliphatic rings. The van der Waals surface area contributed by atoms with Crippen LogP contribution in [-0.4, -0.2) is 24.1 Å². The van der Waals surface area contributed by atoms with Gasteiger partial charge >= 0.3 is 0 Å². The molecule has 0 bridgehead atoms. The van der Waals surface area contributed by atoms with Crippen molar-refractivity contribution in [2.45, 2.75) is 13.8 Å². The van der Waals surface area contributed by atoms with E-state index in [9.17, 15) is 0 Å². The minimum atomic E-state index is 0.945. The highest BCUT2D eigenvalue weighted by Crippen LogP contribution is 2.30. The molecule has 0 aliphatic carbocycles. The van der Waals surface area contributed by atoms with E-state index in [4.69, 9.17) is 4.98 Å². The Balaban J connectivity index is 1.96. The maximum atomic E-state index is 4.79. The molecule has 0 radical (unpaired) electrons. The van der Waals surface area contributed by atoms with Crippen molar-refractivity contribution in [2.75, 3.05) is 19.0 Å². The second-order valence-corrected chi connectivity index (χ2v) is 6.49. The van der Waals surface area contributed by atoms with Crippen molar-refractivity contribution in [1.82, 2.24) is 9.97 Å². The molecular formula is C18H19N3S. The van der Waals surface area contributed by atoms with Crippen LogP contribution >= 0.6 is 11.3 Å². The van der Waals surface area contributed by atoms with Crippen LogP contribution in [0.1, 0.15) is 11.1 Å². The molecule has 0 N–H and O–H groups in total. The van der Waals surface area contributed by atoms with Crippen LogP contribution in [-0.2, 0) is 0 Å². The van der Waals surface area contributed by atoms with Crippen molar-refractivity contribution in [3.8, 4) is 21.8 Å². The number of hydrogen-bond donors (Lipinski definition) is 0. The van der Waals surface area contributed by atoms with E-state index >= 15 is 0 Å². The summed E-state index contributed by atoms with van der Waals surface area (Å²) in [5, 5.41) is 3.15.